The number of benzene rings is 2. The maximum Gasteiger partial charge on any atom is 0.159 e. The van der Waals surface area contributed by atoms with Crippen molar-refractivity contribution in [3.63, 3.8) is 0 Å². The van der Waals surface area contributed by atoms with Crippen LogP contribution in [0.1, 0.15) is 84.0 Å². The van der Waals surface area contributed by atoms with Crippen LogP contribution in [0.4, 0.5) is 0 Å². The monoisotopic (exact) mass is 346 g/mol. The fourth-order valence-corrected chi connectivity index (χ4v) is 4.46. The quantitative estimate of drug-likeness (QED) is 0.432. The molecule has 1 nitrogen and oxygen atoms in total. The third-order valence-corrected chi connectivity index (χ3v) is 5.84. The number of ketones is 1. The average molecular weight is 347 g/mol. The van der Waals surface area contributed by atoms with Crippen LogP contribution in [0.5, 0.6) is 0 Å². The SMILES string of the molecule is C=C(C)Cc1cc(C(C)=O)ccc1C1CCC(c2ccccc2C)CC1. The van der Waals surface area contributed by atoms with Crippen LogP contribution in [0.25, 0.3) is 0 Å². The highest BCUT2D eigenvalue weighted by molar-refractivity contribution is 5.94. The first kappa shape index (κ1) is 18.6. The second-order valence-electron chi connectivity index (χ2n) is 8.01. The standard InChI is InChI=1S/C25H30O/c1-17(2)15-23-16-22(19(4)26)13-14-25(23)21-11-9-20(10-12-21)24-8-6-5-7-18(24)3/h5-8,13-14,16,20-21H,1,9-12,15H2,2-4H3. The predicted molar refractivity (Wildman–Crippen MR) is 110 cm³/mol. The number of carbonyl (C=O) groups excluding carboxylic acids is 1. The molecule has 0 radical (unpaired) electrons. The molecule has 0 amide bonds. The number of Topliss-reactive ketones (excluding diaryl/α,β-unsaturated/α-hetero) is 1. The normalized spacial score (nSPS) is 20.0. The number of aryl methyl sites for hydroxylation is 1. The van der Waals surface area contributed by atoms with Crippen molar-refractivity contribution in [2.24, 2.45) is 0 Å². The van der Waals surface area contributed by atoms with E-state index >= 15 is 0 Å². The smallest absolute Gasteiger partial charge is 0.159 e. The maximum absolute atomic E-state index is 11.8. The van der Waals surface area contributed by atoms with E-state index in [9.17, 15) is 4.79 Å². The number of carbonyl (C=O) groups is 1. The fraction of sp³-hybridized carbons (Fsp3) is 0.400. The van der Waals surface area contributed by atoms with E-state index in [1.165, 1.54) is 47.9 Å². The largest absolute Gasteiger partial charge is 0.295 e. The van der Waals surface area contributed by atoms with Gasteiger partial charge in [-0.05, 0) is 93.0 Å². The van der Waals surface area contributed by atoms with Crippen LogP contribution >= 0.6 is 0 Å². The van der Waals surface area contributed by atoms with Gasteiger partial charge in [-0.25, -0.2) is 0 Å². The highest BCUT2D eigenvalue weighted by atomic mass is 16.1. The molecule has 1 saturated carbocycles. The van der Waals surface area contributed by atoms with E-state index in [4.69, 9.17) is 0 Å². The van der Waals surface area contributed by atoms with Gasteiger partial charge in [-0.1, -0.05) is 48.6 Å². The van der Waals surface area contributed by atoms with Gasteiger partial charge in [-0.15, -0.1) is 0 Å². The van der Waals surface area contributed by atoms with E-state index in [2.05, 4.69) is 56.8 Å². The van der Waals surface area contributed by atoms with Crippen LogP contribution in [-0.4, -0.2) is 5.78 Å². The van der Waals surface area contributed by atoms with Gasteiger partial charge in [0.2, 0.25) is 0 Å². The Kier molecular flexibility index (Phi) is 5.76. The molecule has 1 aliphatic carbocycles. The van der Waals surface area contributed by atoms with Crippen molar-refractivity contribution in [3.05, 3.63) is 82.4 Å². The van der Waals surface area contributed by atoms with Gasteiger partial charge in [-0.2, -0.15) is 0 Å². The number of hydrogen-bond donors (Lipinski definition) is 0. The Morgan fingerprint density at radius 3 is 2.15 bits per heavy atom. The minimum atomic E-state index is 0.141. The number of hydrogen-bond acceptors (Lipinski definition) is 1. The summed E-state index contributed by atoms with van der Waals surface area (Å²) in [5, 5.41) is 0. The van der Waals surface area contributed by atoms with Gasteiger partial charge in [0.1, 0.15) is 0 Å². The molecule has 0 N–H and O–H groups in total. The molecule has 0 atom stereocenters. The molecule has 1 fully saturated rings. The lowest BCUT2D eigenvalue weighted by molar-refractivity contribution is 0.101. The van der Waals surface area contributed by atoms with Gasteiger partial charge in [-0.3, -0.25) is 4.79 Å². The van der Waals surface area contributed by atoms with Gasteiger partial charge in [0.15, 0.2) is 5.78 Å². The summed E-state index contributed by atoms with van der Waals surface area (Å²) in [5.74, 6) is 1.43. The number of allylic oxidation sites excluding steroid dienone is 1. The highest BCUT2D eigenvalue weighted by Crippen LogP contribution is 2.42. The van der Waals surface area contributed by atoms with E-state index in [0.717, 1.165) is 17.6 Å². The second-order valence-corrected chi connectivity index (χ2v) is 8.01. The minimum Gasteiger partial charge on any atom is -0.295 e. The van der Waals surface area contributed by atoms with Gasteiger partial charge in [0.25, 0.3) is 0 Å². The summed E-state index contributed by atoms with van der Waals surface area (Å²) in [6, 6.07) is 15.1. The molecule has 3 rings (SSSR count). The molecule has 2 aromatic carbocycles. The first-order valence-electron chi connectivity index (χ1n) is 9.79. The molecular formula is C25H30O. The third-order valence-electron chi connectivity index (χ3n) is 5.84. The topological polar surface area (TPSA) is 17.1 Å². The van der Waals surface area contributed by atoms with Crippen LogP contribution in [0.15, 0.2) is 54.6 Å². The van der Waals surface area contributed by atoms with E-state index in [1.807, 2.05) is 6.07 Å². The molecule has 1 heteroatoms. The lowest BCUT2D eigenvalue weighted by atomic mass is 9.74. The third kappa shape index (κ3) is 4.15. The van der Waals surface area contributed by atoms with Crippen LogP contribution < -0.4 is 0 Å². The summed E-state index contributed by atoms with van der Waals surface area (Å²) < 4.78 is 0. The van der Waals surface area contributed by atoms with Crippen molar-refractivity contribution in [2.75, 3.05) is 0 Å². The molecule has 0 spiro atoms. The Labute approximate surface area is 158 Å². The molecule has 2 aromatic rings. The molecule has 0 saturated heterocycles. The van der Waals surface area contributed by atoms with Crippen LogP contribution in [0.2, 0.25) is 0 Å². The van der Waals surface area contributed by atoms with Gasteiger partial charge < -0.3 is 0 Å². The lowest BCUT2D eigenvalue weighted by Gasteiger charge is -2.31. The van der Waals surface area contributed by atoms with Gasteiger partial charge in [0.05, 0.1) is 0 Å². The molecule has 0 aromatic heterocycles. The van der Waals surface area contributed by atoms with Crippen molar-refractivity contribution >= 4 is 5.78 Å². The first-order chi connectivity index (χ1) is 12.5. The molecule has 0 heterocycles. The van der Waals surface area contributed by atoms with E-state index in [1.54, 1.807) is 6.92 Å². The Bertz CT molecular complexity index is 807. The fourth-order valence-electron chi connectivity index (χ4n) is 4.46. The number of rotatable bonds is 5. The van der Waals surface area contributed by atoms with Crippen molar-refractivity contribution in [1.82, 2.24) is 0 Å². The molecule has 0 aliphatic heterocycles. The summed E-state index contributed by atoms with van der Waals surface area (Å²) >= 11 is 0. The zero-order valence-corrected chi connectivity index (χ0v) is 16.3. The van der Waals surface area contributed by atoms with Crippen molar-refractivity contribution < 1.29 is 4.79 Å². The van der Waals surface area contributed by atoms with E-state index in [0.29, 0.717) is 11.8 Å². The Balaban J connectivity index is 1.79. The zero-order chi connectivity index (χ0) is 18.7. The van der Waals surface area contributed by atoms with Crippen LogP contribution in [0, 0.1) is 6.92 Å². The van der Waals surface area contributed by atoms with Crippen LogP contribution in [-0.2, 0) is 6.42 Å². The second kappa shape index (κ2) is 8.03. The summed E-state index contributed by atoms with van der Waals surface area (Å²) in [4.78, 5) is 11.8. The Hall–Kier alpha value is -2.15. The maximum atomic E-state index is 11.8. The highest BCUT2D eigenvalue weighted by Gasteiger charge is 2.25. The lowest BCUT2D eigenvalue weighted by Crippen LogP contribution is -2.14. The summed E-state index contributed by atoms with van der Waals surface area (Å²) in [7, 11) is 0. The molecule has 1 aliphatic rings. The summed E-state index contributed by atoms with van der Waals surface area (Å²) in [6.45, 7) is 10.0. The van der Waals surface area contributed by atoms with Crippen molar-refractivity contribution in [3.8, 4) is 0 Å². The molecule has 0 bridgehead atoms. The molecule has 0 unspecified atom stereocenters. The predicted octanol–water partition coefficient (Wildman–Crippen LogP) is 6.76. The molecule has 26 heavy (non-hydrogen) atoms. The molecular weight excluding hydrogens is 316 g/mol. The average Bonchev–Trinajstić information content (AvgIpc) is 2.62. The van der Waals surface area contributed by atoms with Crippen LogP contribution in [0.3, 0.4) is 0 Å². The molecule has 136 valence electrons. The van der Waals surface area contributed by atoms with E-state index in [-0.39, 0.29) is 5.78 Å². The van der Waals surface area contributed by atoms with E-state index < -0.39 is 0 Å². The first-order valence-corrected chi connectivity index (χ1v) is 9.79. The Morgan fingerprint density at radius 2 is 1.58 bits per heavy atom. The van der Waals surface area contributed by atoms with Gasteiger partial charge >= 0.3 is 0 Å². The Morgan fingerprint density at radius 1 is 0.962 bits per heavy atom. The summed E-state index contributed by atoms with van der Waals surface area (Å²) in [5.41, 5.74) is 7.65. The summed E-state index contributed by atoms with van der Waals surface area (Å²) in [6.07, 6.45) is 5.81. The van der Waals surface area contributed by atoms with Crippen molar-refractivity contribution in [2.45, 2.75) is 64.7 Å². The zero-order valence-electron chi connectivity index (χ0n) is 16.3. The minimum absolute atomic E-state index is 0.141. The van der Waals surface area contributed by atoms with Crippen molar-refractivity contribution in [1.29, 1.82) is 0 Å². The van der Waals surface area contributed by atoms with Gasteiger partial charge in [0, 0.05) is 5.56 Å².